The maximum atomic E-state index is 13.2. The summed E-state index contributed by atoms with van der Waals surface area (Å²) in [5, 5.41) is 5.49. The second-order valence-corrected chi connectivity index (χ2v) is 7.86. The maximum Gasteiger partial charge on any atom is 0.270 e. The van der Waals surface area contributed by atoms with Gasteiger partial charge in [-0.3, -0.25) is 19.0 Å². The molecule has 8 nitrogen and oxygen atoms in total. The number of anilines is 1. The van der Waals surface area contributed by atoms with Crippen molar-refractivity contribution in [2.75, 3.05) is 11.9 Å². The van der Waals surface area contributed by atoms with E-state index in [2.05, 4.69) is 15.6 Å². The molecule has 0 spiro atoms. The molecule has 1 aliphatic carbocycles. The predicted octanol–water partition coefficient (Wildman–Crippen LogP) is 3.16. The fourth-order valence-corrected chi connectivity index (χ4v) is 3.41. The van der Waals surface area contributed by atoms with Crippen LogP contribution in [0.4, 0.5) is 10.1 Å². The molecule has 10 heteroatoms. The lowest BCUT2D eigenvalue weighted by Crippen LogP contribution is -2.30. The van der Waals surface area contributed by atoms with Gasteiger partial charge in [-0.1, -0.05) is 11.6 Å². The first-order chi connectivity index (χ1) is 15.3. The SMILES string of the molecule is NC(=O)c1ncn(-c2ccc(NC(=O)c3ccc(F)cc3Cl)cc2)c1C(=O)NCC1CC1. The zero-order chi connectivity index (χ0) is 22.8. The van der Waals surface area contributed by atoms with E-state index < -0.39 is 23.5 Å². The molecule has 1 saturated carbocycles. The third-order valence-corrected chi connectivity index (χ3v) is 5.36. The van der Waals surface area contributed by atoms with Crippen LogP contribution in [-0.2, 0) is 0 Å². The molecule has 4 N–H and O–H groups in total. The fraction of sp³-hybridized carbons (Fsp3) is 0.182. The van der Waals surface area contributed by atoms with Crippen molar-refractivity contribution < 1.29 is 18.8 Å². The monoisotopic (exact) mass is 455 g/mol. The number of rotatable bonds is 7. The fourth-order valence-electron chi connectivity index (χ4n) is 3.16. The van der Waals surface area contributed by atoms with Crippen LogP contribution >= 0.6 is 11.6 Å². The standard InChI is InChI=1S/C22H19ClFN5O3/c23-17-9-13(24)3-8-16(17)21(31)28-14-4-6-15(7-5-14)29-11-27-18(20(25)30)19(29)22(32)26-10-12-1-2-12/h3-9,11-12H,1-2,10H2,(H2,25,30)(H,26,32)(H,28,31). The van der Waals surface area contributed by atoms with E-state index in [4.69, 9.17) is 17.3 Å². The first-order valence-electron chi connectivity index (χ1n) is 9.85. The van der Waals surface area contributed by atoms with E-state index in [9.17, 15) is 18.8 Å². The summed E-state index contributed by atoms with van der Waals surface area (Å²) < 4.78 is 14.7. The van der Waals surface area contributed by atoms with Gasteiger partial charge in [-0.2, -0.15) is 0 Å². The minimum atomic E-state index is -0.805. The van der Waals surface area contributed by atoms with Crippen LogP contribution in [0.25, 0.3) is 5.69 Å². The Morgan fingerprint density at radius 2 is 1.84 bits per heavy atom. The van der Waals surface area contributed by atoms with E-state index in [1.54, 1.807) is 24.3 Å². The highest BCUT2D eigenvalue weighted by atomic mass is 35.5. The molecule has 1 heterocycles. The van der Waals surface area contributed by atoms with Crippen molar-refractivity contribution in [3.63, 3.8) is 0 Å². The molecule has 3 aromatic rings. The molecule has 4 rings (SSSR count). The van der Waals surface area contributed by atoms with Crippen LogP contribution in [0.1, 0.15) is 44.2 Å². The average Bonchev–Trinajstić information content (AvgIpc) is 3.47. The van der Waals surface area contributed by atoms with Gasteiger partial charge < -0.3 is 16.4 Å². The second-order valence-electron chi connectivity index (χ2n) is 7.45. The van der Waals surface area contributed by atoms with Crippen LogP contribution in [0.2, 0.25) is 5.02 Å². The van der Waals surface area contributed by atoms with Gasteiger partial charge in [-0.25, -0.2) is 9.37 Å². The number of nitrogens with zero attached hydrogens (tertiary/aromatic N) is 2. The number of halogens is 2. The molecule has 1 fully saturated rings. The average molecular weight is 456 g/mol. The van der Waals surface area contributed by atoms with Crippen molar-refractivity contribution in [1.29, 1.82) is 0 Å². The minimum absolute atomic E-state index is 0.00151. The van der Waals surface area contributed by atoms with Gasteiger partial charge >= 0.3 is 0 Å². The lowest BCUT2D eigenvalue weighted by Gasteiger charge is -2.11. The molecule has 1 aromatic heterocycles. The van der Waals surface area contributed by atoms with Crippen molar-refractivity contribution in [1.82, 2.24) is 14.9 Å². The smallest absolute Gasteiger partial charge is 0.270 e. The number of amides is 3. The summed E-state index contributed by atoms with van der Waals surface area (Å²) in [4.78, 5) is 40.9. The largest absolute Gasteiger partial charge is 0.364 e. The number of nitrogens with two attached hydrogens (primary N) is 1. The van der Waals surface area contributed by atoms with E-state index >= 15 is 0 Å². The Hall–Kier alpha value is -3.72. The van der Waals surface area contributed by atoms with Crippen molar-refractivity contribution in [2.45, 2.75) is 12.8 Å². The molecule has 0 aliphatic heterocycles. The first-order valence-corrected chi connectivity index (χ1v) is 10.2. The number of aromatic nitrogens is 2. The molecule has 0 radical (unpaired) electrons. The van der Waals surface area contributed by atoms with Gasteiger partial charge in [0.1, 0.15) is 17.8 Å². The summed E-state index contributed by atoms with van der Waals surface area (Å²) in [6.07, 6.45) is 3.48. The number of carbonyl (C=O) groups is 3. The third-order valence-electron chi connectivity index (χ3n) is 5.04. The number of hydrogen-bond donors (Lipinski definition) is 3. The highest BCUT2D eigenvalue weighted by molar-refractivity contribution is 6.34. The number of benzene rings is 2. The van der Waals surface area contributed by atoms with Gasteiger partial charge in [0.2, 0.25) is 0 Å². The van der Waals surface area contributed by atoms with Gasteiger partial charge in [0.25, 0.3) is 17.7 Å². The summed E-state index contributed by atoms with van der Waals surface area (Å²) in [6.45, 7) is 0.527. The molecule has 2 aromatic carbocycles. The Labute approximate surface area is 187 Å². The highest BCUT2D eigenvalue weighted by Crippen LogP contribution is 2.28. The molecule has 1 aliphatic rings. The second kappa shape index (κ2) is 8.80. The normalized spacial score (nSPS) is 12.9. The Kier molecular flexibility index (Phi) is 5.91. The number of nitrogens with one attached hydrogen (secondary N) is 2. The van der Waals surface area contributed by atoms with Gasteiger partial charge in [-0.05, 0) is 61.2 Å². The third kappa shape index (κ3) is 4.62. The molecule has 0 bridgehead atoms. The van der Waals surface area contributed by atoms with Crippen LogP contribution in [0.5, 0.6) is 0 Å². The first kappa shape index (κ1) is 21.5. The summed E-state index contributed by atoms with van der Waals surface area (Å²) in [6, 6.07) is 10.0. The van der Waals surface area contributed by atoms with Crippen LogP contribution in [0.15, 0.2) is 48.8 Å². The molecule has 3 amide bonds. The molecule has 0 saturated heterocycles. The van der Waals surface area contributed by atoms with Gasteiger partial charge in [0.15, 0.2) is 5.69 Å². The van der Waals surface area contributed by atoms with E-state index in [0.717, 1.165) is 25.0 Å². The zero-order valence-corrected chi connectivity index (χ0v) is 17.5. The lowest BCUT2D eigenvalue weighted by molar-refractivity contribution is 0.0927. The predicted molar refractivity (Wildman–Crippen MR) is 117 cm³/mol. The number of carbonyl (C=O) groups excluding carboxylic acids is 3. The topological polar surface area (TPSA) is 119 Å². The summed E-state index contributed by atoms with van der Waals surface area (Å²) >= 11 is 5.93. The van der Waals surface area contributed by atoms with E-state index in [-0.39, 0.29) is 22.0 Å². The number of primary amides is 1. The van der Waals surface area contributed by atoms with Crippen LogP contribution in [0.3, 0.4) is 0 Å². The summed E-state index contributed by atoms with van der Waals surface area (Å²) in [5.41, 5.74) is 6.44. The molecular weight excluding hydrogens is 437 g/mol. The van der Waals surface area contributed by atoms with Crippen molar-refractivity contribution in [3.8, 4) is 5.69 Å². The van der Waals surface area contributed by atoms with Crippen LogP contribution < -0.4 is 16.4 Å². The minimum Gasteiger partial charge on any atom is -0.364 e. The quantitative estimate of drug-likeness (QED) is 0.507. The van der Waals surface area contributed by atoms with Gasteiger partial charge in [0, 0.05) is 17.9 Å². The number of imidazole rings is 1. The molecule has 164 valence electrons. The molecule has 32 heavy (non-hydrogen) atoms. The Balaban J connectivity index is 1.55. The van der Waals surface area contributed by atoms with Crippen LogP contribution in [0, 0.1) is 11.7 Å². The van der Waals surface area contributed by atoms with Crippen molar-refractivity contribution in [3.05, 3.63) is 76.6 Å². The van der Waals surface area contributed by atoms with E-state index in [1.165, 1.54) is 17.0 Å². The Morgan fingerprint density at radius 1 is 1.12 bits per heavy atom. The van der Waals surface area contributed by atoms with E-state index in [0.29, 0.717) is 23.8 Å². The zero-order valence-electron chi connectivity index (χ0n) is 16.8. The van der Waals surface area contributed by atoms with Crippen molar-refractivity contribution in [2.24, 2.45) is 11.7 Å². The maximum absolute atomic E-state index is 13.2. The Bertz CT molecular complexity index is 1200. The highest BCUT2D eigenvalue weighted by Gasteiger charge is 2.26. The Morgan fingerprint density at radius 3 is 2.47 bits per heavy atom. The van der Waals surface area contributed by atoms with Gasteiger partial charge in [-0.15, -0.1) is 0 Å². The summed E-state index contributed by atoms with van der Waals surface area (Å²) in [5.74, 6) is -1.82. The van der Waals surface area contributed by atoms with Crippen molar-refractivity contribution >= 4 is 35.0 Å². The van der Waals surface area contributed by atoms with Crippen LogP contribution in [-0.4, -0.2) is 33.8 Å². The molecular formula is C22H19ClFN5O3. The van der Waals surface area contributed by atoms with E-state index in [1.807, 2.05) is 0 Å². The number of hydrogen-bond acceptors (Lipinski definition) is 4. The molecule has 0 unspecified atom stereocenters. The lowest BCUT2D eigenvalue weighted by atomic mass is 10.2. The molecule has 0 atom stereocenters. The summed E-state index contributed by atoms with van der Waals surface area (Å²) in [7, 11) is 0. The van der Waals surface area contributed by atoms with Gasteiger partial charge in [0.05, 0.1) is 10.6 Å².